The molecule has 1 heterocycles. The first kappa shape index (κ1) is 9.77. The molecule has 0 saturated carbocycles. The minimum absolute atomic E-state index is 0.164. The Morgan fingerprint density at radius 3 is 3.00 bits per heavy atom. The lowest BCUT2D eigenvalue weighted by molar-refractivity contribution is -0.136. The average Bonchev–Trinajstić information content (AvgIpc) is 2.26. The second-order valence-corrected chi connectivity index (χ2v) is 3.52. The van der Waals surface area contributed by atoms with Gasteiger partial charge in [-0.2, -0.15) is 0 Å². The summed E-state index contributed by atoms with van der Waals surface area (Å²) in [6.45, 7) is 0.504. The van der Waals surface area contributed by atoms with Crippen molar-refractivity contribution in [3.05, 3.63) is 35.4 Å². The Hall–Kier alpha value is -1.77. The predicted molar refractivity (Wildman–Crippen MR) is 56.8 cm³/mol. The summed E-state index contributed by atoms with van der Waals surface area (Å²) in [6, 6.07) is 7.75. The third-order valence-electron chi connectivity index (χ3n) is 2.35. The van der Waals surface area contributed by atoms with Crippen LogP contribution in [0.15, 0.2) is 29.8 Å². The molecule has 1 aromatic rings. The Balaban J connectivity index is 2.11. The molecule has 0 aromatic heterocycles. The van der Waals surface area contributed by atoms with Gasteiger partial charge in [-0.25, -0.2) is 0 Å². The average molecular weight is 204 g/mol. The minimum atomic E-state index is -0.769. The number of ether oxygens (including phenoxy) is 1. The van der Waals surface area contributed by atoms with Gasteiger partial charge in [0.1, 0.15) is 12.4 Å². The van der Waals surface area contributed by atoms with Gasteiger partial charge in [0.2, 0.25) is 0 Å². The molecule has 1 aliphatic rings. The first-order chi connectivity index (χ1) is 7.25. The summed E-state index contributed by atoms with van der Waals surface area (Å²) in [5, 5.41) is 8.57. The van der Waals surface area contributed by atoms with Crippen LogP contribution >= 0.6 is 0 Å². The van der Waals surface area contributed by atoms with Crippen molar-refractivity contribution < 1.29 is 14.6 Å². The SMILES string of the molecule is O=C(O)CCC1=Cc2ccccc2OC1. The van der Waals surface area contributed by atoms with E-state index in [1.807, 2.05) is 30.3 Å². The summed E-state index contributed by atoms with van der Waals surface area (Å²) < 4.78 is 5.51. The predicted octanol–water partition coefficient (Wildman–Crippen LogP) is 2.33. The highest BCUT2D eigenvalue weighted by Crippen LogP contribution is 2.27. The quantitative estimate of drug-likeness (QED) is 0.821. The van der Waals surface area contributed by atoms with Crippen LogP contribution in [0.25, 0.3) is 6.08 Å². The molecular weight excluding hydrogens is 192 g/mol. The zero-order valence-electron chi connectivity index (χ0n) is 8.27. The van der Waals surface area contributed by atoms with E-state index in [1.165, 1.54) is 0 Å². The zero-order chi connectivity index (χ0) is 10.7. The summed E-state index contributed by atoms with van der Waals surface area (Å²) in [6.07, 6.45) is 2.74. The van der Waals surface area contributed by atoms with E-state index in [-0.39, 0.29) is 6.42 Å². The molecule has 0 saturated heterocycles. The number of para-hydroxylation sites is 1. The smallest absolute Gasteiger partial charge is 0.303 e. The summed E-state index contributed by atoms with van der Waals surface area (Å²) >= 11 is 0. The van der Waals surface area contributed by atoms with Crippen LogP contribution in [-0.4, -0.2) is 17.7 Å². The molecule has 78 valence electrons. The van der Waals surface area contributed by atoms with Crippen LogP contribution in [-0.2, 0) is 4.79 Å². The van der Waals surface area contributed by atoms with E-state index in [0.717, 1.165) is 16.9 Å². The molecule has 0 spiro atoms. The fraction of sp³-hybridized carbons (Fsp3) is 0.250. The highest BCUT2D eigenvalue weighted by Gasteiger charge is 2.11. The third kappa shape index (κ3) is 2.37. The van der Waals surface area contributed by atoms with Gasteiger partial charge < -0.3 is 9.84 Å². The van der Waals surface area contributed by atoms with Gasteiger partial charge >= 0.3 is 5.97 Å². The molecule has 1 aromatic carbocycles. The fourth-order valence-corrected chi connectivity index (χ4v) is 1.58. The molecule has 0 amide bonds. The Kier molecular flexibility index (Phi) is 2.72. The Morgan fingerprint density at radius 2 is 2.20 bits per heavy atom. The van der Waals surface area contributed by atoms with Crippen LogP contribution in [0, 0.1) is 0 Å². The molecule has 0 radical (unpaired) electrons. The van der Waals surface area contributed by atoms with Gasteiger partial charge in [-0.05, 0) is 24.1 Å². The number of hydrogen-bond donors (Lipinski definition) is 1. The lowest BCUT2D eigenvalue weighted by Gasteiger charge is -2.17. The maximum atomic E-state index is 10.4. The molecule has 1 aliphatic heterocycles. The van der Waals surface area contributed by atoms with Crippen LogP contribution in [0.4, 0.5) is 0 Å². The summed E-state index contributed by atoms with van der Waals surface area (Å²) in [5.74, 6) is 0.103. The van der Waals surface area contributed by atoms with Crippen LogP contribution in [0.5, 0.6) is 5.75 Å². The molecule has 0 atom stereocenters. The van der Waals surface area contributed by atoms with Gasteiger partial charge in [-0.1, -0.05) is 18.2 Å². The van der Waals surface area contributed by atoms with Crippen molar-refractivity contribution in [1.29, 1.82) is 0 Å². The zero-order valence-corrected chi connectivity index (χ0v) is 8.27. The second-order valence-electron chi connectivity index (χ2n) is 3.52. The standard InChI is InChI=1S/C12H12O3/c13-12(14)6-5-9-7-10-3-1-2-4-11(10)15-8-9/h1-4,7H,5-6,8H2,(H,13,14). The van der Waals surface area contributed by atoms with Gasteiger partial charge in [0.25, 0.3) is 0 Å². The molecule has 0 unspecified atom stereocenters. The van der Waals surface area contributed by atoms with Gasteiger partial charge in [-0.3, -0.25) is 4.79 Å². The topological polar surface area (TPSA) is 46.5 Å². The number of benzene rings is 1. The number of aliphatic carboxylic acids is 1. The van der Waals surface area contributed by atoms with Crippen molar-refractivity contribution in [3.63, 3.8) is 0 Å². The van der Waals surface area contributed by atoms with E-state index in [2.05, 4.69) is 0 Å². The van der Waals surface area contributed by atoms with Crippen LogP contribution in [0.3, 0.4) is 0 Å². The first-order valence-corrected chi connectivity index (χ1v) is 4.89. The maximum Gasteiger partial charge on any atom is 0.303 e. The van der Waals surface area contributed by atoms with Gasteiger partial charge in [0, 0.05) is 12.0 Å². The normalized spacial score (nSPS) is 13.7. The third-order valence-corrected chi connectivity index (χ3v) is 2.35. The van der Waals surface area contributed by atoms with Crippen LogP contribution < -0.4 is 4.74 Å². The molecular formula is C12H12O3. The van der Waals surface area contributed by atoms with E-state index in [4.69, 9.17) is 9.84 Å². The molecule has 0 aliphatic carbocycles. The van der Waals surface area contributed by atoms with Gasteiger partial charge in [0.15, 0.2) is 0 Å². The maximum absolute atomic E-state index is 10.4. The van der Waals surface area contributed by atoms with E-state index in [9.17, 15) is 4.79 Å². The number of carboxylic acid groups (broad SMARTS) is 1. The molecule has 3 heteroatoms. The van der Waals surface area contributed by atoms with E-state index in [0.29, 0.717) is 13.0 Å². The Labute approximate surface area is 88.0 Å². The summed E-state index contributed by atoms with van der Waals surface area (Å²) in [4.78, 5) is 10.4. The van der Waals surface area contributed by atoms with Crippen molar-refractivity contribution in [2.45, 2.75) is 12.8 Å². The summed E-state index contributed by atoms with van der Waals surface area (Å²) in [7, 11) is 0. The lowest BCUT2D eigenvalue weighted by atomic mass is 10.0. The Morgan fingerprint density at radius 1 is 1.40 bits per heavy atom. The Bertz CT molecular complexity index is 407. The van der Waals surface area contributed by atoms with Gasteiger partial charge in [0.05, 0.1) is 0 Å². The molecule has 15 heavy (non-hydrogen) atoms. The highest BCUT2D eigenvalue weighted by atomic mass is 16.5. The molecule has 0 fully saturated rings. The van der Waals surface area contributed by atoms with E-state index >= 15 is 0 Å². The van der Waals surface area contributed by atoms with Crippen molar-refractivity contribution >= 4 is 12.0 Å². The van der Waals surface area contributed by atoms with Crippen molar-refractivity contribution in [2.24, 2.45) is 0 Å². The number of carbonyl (C=O) groups is 1. The number of rotatable bonds is 3. The molecule has 0 bridgehead atoms. The van der Waals surface area contributed by atoms with E-state index in [1.54, 1.807) is 0 Å². The number of carboxylic acids is 1. The van der Waals surface area contributed by atoms with Crippen molar-refractivity contribution in [1.82, 2.24) is 0 Å². The largest absolute Gasteiger partial charge is 0.489 e. The first-order valence-electron chi connectivity index (χ1n) is 4.89. The molecule has 2 rings (SSSR count). The van der Waals surface area contributed by atoms with Crippen LogP contribution in [0.2, 0.25) is 0 Å². The molecule has 3 nitrogen and oxygen atoms in total. The van der Waals surface area contributed by atoms with Gasteiger partial charge in [-0.15, -0.1) is 0 Å². The molecule has 1 N–H and O–H groups in total. The fourth-order valence-electron chi connectivity index (χ4n) is 1.58. The summed E-state index contributed by atoms with van der Waals surface area (Å²) in [5.41, 5.74) is 2.07. The highest BCUT2D eigenvalue weighted by molar-refractivity contribution is 5.68. The van der Waals surface area contributed by atoms with E-state index < -0.39 is 5.97 Å². The number of hydrogen-bond acceptors (Lipinski definition) is 2. The monoisotopic (exact) mass is 204 g/mol. The van der Waals surface area contributed by atoms with Crippen molar-refractivity contribution in [2.75, 3.05) is 6.61 Å². The van der Waals surface area contributed by atoms with Crippen LogP contribution in [0.1, 0.15) is 18.4 Å². The second kappa shape index (κ2) is 4.17. The minimum Gasteiger partial charge on any atom is -0.489 e. The number of fused-ring (bicyclic) bond motifs is 1. The lowest BCUT2D eigenvalue weighted by Crippen LogP contribution is -2.08. The van der Waals surface area contributed by atoms with Crippen molar-refractivity contribution in [3.8, 4) is 5.75 Å².